The van der Waals surface area contributed by atoms with Crippen molar-refractivity contribution in [3.05, 3.63) is 35.4 Å². The summed E-state index contributed by atoms with van der Waals surface area (Å²) in [6.45, 7) is 4.55. The molecule has 5 nitrogen and oxygen atoms in total. The van der Waals surface area contributed by atoms with Gasteiger partial charge in [0.1, 0.15) is 0 Å². The van der Waals surface area contributed by atoms with Crippen molar-refractivity contribution in [3.63, 3.8) is 0 Å². The second kappa shape index (κ2) is 7.03. The van der Waals surface area contributed by atoms with Crippen LogP contribution in [0.2, 0.25) is 0 Å². The first-order valence-electron chi connectivity index (χ1n) is 6.51. The first kappa shape index (κ1) is 16.6. The van der Waals surface area contributed by atoms with E-state index in [1.54, 1.807) is 24.3 Å². The molecule has 0 radical (unpaired) electrons. The predicted molar refractivity (Wildman–Crippen MR) is 86.9 cm³/mol. The Hall–Kier alpha value is -0.720. The Morgan fingerprint density at radius 1 is 1.10 bits per heavy atom. The largest absolute Gasteiger partial charge is 0.322 e. The molecule has 0 aliphatic carbocycles. The minimum absolute atomic E-state index is 0.142. The van der Waals surface area contributed by atoms with Crippen molar-refractivity contribution in [2.24, 2.45) is 0 Å². The molecular formula is C13H16NO4PS2. The normalized spacial score (nSPS) is 14.7. The number of fused-ring (bicyclic) bond motifs is 1. The van der Waals surface area contributed by atoms with E-state index >= 15 is 0 Å². The highest BCUT2D eigenvalue weighted by atomic mass is 32.9. The molecule has 0 spiro atoms. The molecule has 1 aliphatic heterocycles. The number of rotatable bonds is 7. The van der Waals surface area contributed by atoms with Crippen LogP contribution in [-0.2, 0) is 20.9 Å². The van der Waals surface area contributed by atoms with Crippen LogP contribution >= 0.6 is 17.1 Å². The standard InChI is InChI=1S/C13H16NO4PS2/c1-3-17-19(20,18-4-2)21-9-14-12(15)10-7-5-6-8-11(10)13(14)16/h5-8H,3-4,9H2,1-2H3. The van der Waals surface area contributed by atoms with Gasteiger partial charge in [-0.2, -0.15) is 0 Å². The van der Waals surface area contributed by atoms with Crippen molar-refractivity contribution in [1.82, 2.24) is 4.90 Å². The fraction of sp³-hybridized carbons (Fsp3) is 0.385. The summed E-state index contributed by atoms with van der Waals surface area (Å²) in [5.41, 5.74) is -1.65. The van der Waals surface area contributed by atoms with Gasteiger partial charge in [0.25, 0.3) is 11.8 Å². The quantitative estimate of drug-likeness (QED) is 0.558. The van der Waals surface area contributed by atoms with E-state index in [1.165, 1.54) is 16.3 Å². The summed E-state index contributed by atoms with van der Waals surface area (Å²) in [5.74, 6) is -0.445. The van der Waals surface area contributed by atoms with E-state index in [1.807, 2.05) is 13.8 Å². The molecule has 1 aliphatic rings. The van der Waals surface area contributed by atoms with Crippen LogP contribution < -0.4 is 0 Å². The highest BCUT2D eigenvalue weighted by Gasteiger charge is 2.36. The third kappa shape index (κ3) is 3.55. The number of hydrogen-bond acceptors (Lipinski definition) is 6. The van der Waals surface area contributed by atoms with E-state index < -0.39 is 5.69 Å². The van der Waals surface area contributed by atoms with Crippen molar-refractivity contribution in [2.75, 3.05) is 19.1 Å². The molecular weight excluding hydrogens is 329 g/mol. The average molecular weight is 345 g/mol. The van der Waals surface area contributed by atoms with Crippen LogP contribution in [0.15, 0.2) is 24.3 Å². The van der Waals surface area contributed by atoms with Crippen molar-refractivity contribution in [2.45, 2.75) is 13.8 Å². The number of hydrogen-bond donors (Lipinski definition) is 0. The van der Waals surface area contributed by atoms with Crippen LogP contribution in [0.4, 0.5) is 0 Å². The summed E-state index contributed by atoms with van der Waals surface area (Å²) in [4.78, 5) is 25.6. The van der Waals surface area contributed by atoms with Gasteiger partial charge < -0.3 is 9.05 Å². The maximum atomic E-state index is 12.2. The van der Waals surface area contributed by atoms with Crippen LogP contribution in [0.25, 0.3) is 0 Å². The van der Waals surface area contributed by atoms with E-state index in [0.29, 0.717) is 24.3 Å². The molecule has 0 atom stereocenters. The van der Waals surface area contributed by atoms with E-state index in [-0.39, 0.29) is 17.7 Å². The lowest BCUT2D eigenvalue weighted by molar-refractivity contribution is 0.0684. The topological polar surface area (TPSA) is 55.8 Å². The molecule has 1 aromatic carbocycles. The van der Waals surface area contributed by atoms with Crippen molar-refractivity contribution < 1.29 is 18.6 Å². The Morgan fingerprint density at radius 3 is 2.00 bits per heavy atom. The number of carbonyl (C=O) groups excluding carboxylic acids is 2. The van der Waals surface area contributed by atoms with Gasteiger partial charge in [-0.15, -0.1) is 0 Å². The maximum absolute atomic E-state index is 12.2. The van der Waals surface area contributed by atoms with Gasteiger partial charge >= 0.3 is 0 Å². The molecule has 0 aromatic heterocycles. The SMILES string of the molecule is CCOP(=S)(OCC)SCN1C(=O)c2ccccc2C1=O. The summed E-state index contributed by atoms with van der Waals surface area (Å²) < 4.78 is 11.0. The Balaban J connectivity index is 2.10. The van der Waals surface area contributed by atoms with E-state index in [0.717, 1.165) is 0 Å². The number of benzene rings is 1. The first-order chi connectivity index (χ1) is 10.0. The number of imide groups is 1. The van der Waals surface area contributed by atoms with Gasteiger partial charge in [0.15, 0.2) is 0 Å². The average Bonchev–Trinajstić information content (AvgIpc) is 2.70. The van der Waals surface area contributed by atoms with Crippen LogP contribution in [0, 0.1) is 0 Å². The highest BCUT2D eigenvalue weighted by Crippen LogP contribution is 2.61. The van der Waals surface area contributed by atoms with Crippen LogP contribution in [0.1, 0.15) is 34.6 Å². The second-order valence-electron chi connectivity index (χ2n) is 4.12. The molecule has 21 heavy (non-hydrogen) atoms. The molecule has 1 aromatic rings. The molecule has 0 bridgehead atoms. The molecule has 0 unspecified atom stereocenters. The lowest BCUT2D eigenvalue weighted by Gasteiger charge is -2.22. The molecule has 2 amide bonds. The van der Waals surface area contributed by atoms with Gasteiger partial charge in [-0.1, -0.05) is 12.1 Å². The highest BCUT2D eigenvalue weighted by molar-refractivity contribution is 8.67. The zero-order chi connectivity index (χ0) is 15.5. The van der Waals surface area contributed by atoms with Crippen molar-refractivity contribution in [1.29, 1.82) is 0 Å². The van der Waals surface area contributed by atoms with Gasteiger partial charge in [-0.3, -0.25) is 14.5 Å². The van der Waals surface area contributed by atoms with Gasteiger partial charge in [-0.25, -0.2) is 0 Å². The Kier molecular flexibility index (Phi) is 5.57. The third-order valence-corrected chi connectivity index (χ3v) is 8.14. The van der Waals surface area contributed by atoms with E-state index in [4.69, 9.17) is 20.9 Å². The smallest absolute Gasteiger partial charge is 0.262 e. The predicted octanol–water partition coefficient (Wildman–Crippen LogP) is 3.27. The van der Waals surface area contributed by atoms with Crippen molar-refractivity contribution >= 4 is 40.7 Å². The van der Waals surface area contributed by atoms with Crippen LogP contribution in [0.3, 0.4) is 0 Å². The first-order valence-corrected chi connectivity index (χ1v) is 10.7. The monoisotopic (exact) mass is 345 g/mol. The summed E-state index contributed by atoms with van der Waals surface area (Å²) in [6.07, 6.45) is 0. The molecule has 0 saturated carbocycles. The fourth-order valence-corrected chi connectivity index (χ4v) is 6.17. The molecule has 0 saturated heterocycles. The molecule has 114 valence electrons. The lowest BCUT2D eigenvalue weighted by atomic mass is 10.1. The lowest BCUT2D eigenvalue weighted by Crippen LogP contribution is -2.29. The Bertz CT molecular complexity index is 563. The minimum atomic E-state index is -2.52. The molecule has 2 rings (SSSR count). The van der Waals surface area contributed by atoms with Crippen LogP contribution in [0.5, 0.6) is 0 Å². The minimum Gasteiger partial charge on any atom is -0.322 e. The van der Waals surface area contributed by atoms with E-state index in [9.17, 15) is 9.59 Å². The number of carbonyl (C=O) groups is 2. The fourth-order valence-electron chi connectivity index (χ4n) is 1.91. The maximum Gasteiger partial charge on any atom is 0.262 e. The summed E-state index contributed by atoms with van der Waals surface area (Å²) in [6, 6.07) is 6.79. The van der Waals surface area contributed by atoms with E-state index in [2.05, 4.69) is 0 Å². The third-order valence-electron chi connectivity index (χ3n) is 2.80. The molecule has 1 heterocycles. The van der Waals surface area contributed by atoms with Gasteiger partial charge in [-0.05, 0) is 49.2 Å². The van der Waals surface area contributed by atoms with Gasteiger partial charge in [0.05, 0.1) is 30.2 Å². The van der Waals surface area contributed by atoms with Gasteiger partial charge in [0.2, 0.25) is 5.69 Å². The summed E-state index contributed by atoms with van der Waals surface area (Å²) in [5, 5.41) is 0. The Labute approximate surface area is 132 Å². The van der Waals surface area contributed by atoms with Crippen LogP contribution in [-0.4, -0.2) is 35.8 Å². The summed E-state index contributed by atoms with van der Waals surface area (Å²) in [7, 11) is 0. The number of amides is 2. The Morgan fingerprint density at radius 2 is 1.57 bits per heavy atom. The second-order valence-corrected chi connectivity index (χ2v) is 10.4. The zero-order valence-electron chi connectivity index (χ0n) is 11.8. The summed E-state index contributed by atoms with van der Waals surface area (Å²) >= 11 is 6.59. The number of nitrogens with zero attached hydrogens (tertiary/aromatic N) is 1. The zero-order valence-corrected chi connectivity index (χ0v) is 14.3. The molecule has 0 N–H and O–H groups in total. The molecule has 8 heteroatoms. The molecule has 0 fully saturated rings. The van der Waals surface area contributed by atoms with Gasteiger partial charge in [0, 0.05) is 0 Å². The van der Waals surface area contributed by atoms with Crippen molar-refractivity contribution in [3.8, 4) is 0 Å².